The van der Waals surface area contributed by atoms with E-state index in [-0.39, 0.29) is 5.82 Å². The summed E-state index contributed by atoms with van der Waals surface area (Å²) in [6.07, 6.45) is 4.90. The summed E-state index contributed by atoms with van der Waals surface area (Å²) in [5.41, 5.74) is 1.86. The van der Waals surface area contributed by atoms with Crippen LogP contribution < -0.4 is 0 Å². The standard InChI is InChI=1S/C16H20FIN2S/c1-9(2)10-5-3-4-6-14(10)20-15-7-11(17)12(18)8-13(15)19-16(20)21/h7-10,14H,3-6H2,1-2H3,(H,19,21). The fraction of sp³-hybridized carbons (Fsp3) is 0.562. The molecule has 0 amide bonds. The summed E-state index contributed by atoms with van der Waals surface area (Å²) in [4.78, 5) is 3.26. The number of nitrogens with zero attached hydrogens (tertiary/aromatic N) is 1. The topological polar surface area (TPSA) is 20.7 Å². The first-order chi connectivity index (χ1) is 9.99. The van der Waals surface area contributed by atoms with Crippen molar-refractivity contribution in [2.75, 3.05) is 0 Å². The minimum Gasteiger partial charge on any atom is -0.331 e. The van der Waals surface area contributed by atoms with E-state index in [9.17, 15) is 4.39 Å². The van der Waals surface area contributed by atoms with Gasteiger partial charge in [-0.2, -0.15) is 0 Å². The highest BCUT2D eigenvalue weighted by atomic mass is 127. The molecule has 2 aromatic rings. The van der Waals surface area contributed by atoms with Crippen LogP contribution in [0.5, 0.6) is 0 Å². The molecule has 0 saturated heterocycles. The van der Waals surface area contributed by atoms with Gasteiger partial charge in [-0.05, 0) is 65.6 Å². The van der Waals surface area contributed by atoms with Gasteiger partial charge >= 0.3 is 0 Å². The molecule has 21 heavy (non-hydrogen) atoms. The van der Waals surface area contributed by atoms with Gasteiger partial charge < -0.3 is 9.55 Å². The average Bonchev–Trinajstić information content (AvgIpc) is 2.74. The van der Waals surface area contributed by atoms with Crippen LogP contribution >= 0.6 is 34.8 Å². The number of aromatic amines is 1. The molecule has 1 aromatic heterocycles. The quantitative estimate of drug-likeness (QED) is 0.481. The van der Waals surface area contributed by atoms with Gasteiger partial charge in [0.2, 0.25) is 0 Å². The summed E-state index contributed by atoms with van der Waals surface area (Å²) in [5, 5.41) is 0. The molecule has 2 nitrogen and oxygen atoms in total. The van der Waals surface area contributed by atoms with Crippen LogP contribution in [0.25, 0.3) is 11.0 Å². The molecule has 1 heterocycles. The first kappa shape index (κ1) is 15.5. The van der Waals surface area contributed by atoms with E-state index in [1.54, 1.807) is 6.07 Å². The number of fused-ring (bicyclic) bond motifs is 1. The zero-order valence-electron chi connectivity index (χ0n) is 12.3. The molecule has 114 valence electrons. The van der Waals surface area contributed by atoms with Crippen molar-refractivity contribution in [1.29, 1.82) is 0 Å². The second-order valence-corrected chi connectivity index (χ2v) is 7.89. The molecule has 5 heteroatoms. The lowest BCUT2D eigenvalue weighted by atomic mass is 9.77. The highest BCUT2D eigenvalue weighted by Gasteiger charge is 2.30. The smallest absolute Gasteiger partial charge is 0.178 e. The largest absolute Gasteiger partial charge is 0.331 e. The summed E-state index contributed by atoms with van der Waals surface area (Å²) < 4.78 is 17.5. The maximum atomic E-state index is 14.0. The van der Waals surface area contributed by atoms with Crippen molar-refractivity contribution in [3.05, 3.63) is 26.3 Å². The number of hydrogen-bond donors (Lipinski definition) is 1. The van der Waals surface area contributed by atoms with Gasteiger partial charge in [0.1, 0.15) is 5.82 Å². The van der Waals surface area contributed by atoms with Crippen molar-refractivity contribution < 1.29 is 4.39 Å². The van der Waals surface area contributed by atoms with Gasteiger partial charge in [0.05, 0.1) is 14.6 Å². The molecular weight excluding hydrogens is 398 g/mol. The third-order valence-electron chi connectivity index (χ3n) is 4.73. The van der Waals surface area contributed by atoms with E-state index in [1.807, 2.05) is 28.7 Å². The Morgan fingerprint density at radius 2 is 2.05 bits per heavy atom. The lowest BCUT2D eigenvalue weighted by molar-refractivity contribution is 0.186. The Morgan fingerprint density at radius 3 is 2.76 bits per heavy atom. The number of halogens is 2. The van der Waals surface area contributed by atoms with Crippen LogP contribution in [0.4, 0.5) is 4.39 Å². The fourth-order valence-corrected chi connectivity index (χ4v) is 4.50. The van der Waals surface area contributed by atoms with Crippen molar-refractivity contribution in [3.8, 4) is 0 Å². The Kier molecular flexibility index (Phi) is 4.41. The molecule has 1 aliphatic rings. The first-order valence-electron chi connectivity index (χ1n) is 7.58. The highest BCUT2D eigenvalue weighted by molar-refractivity contribution is 14.1. The van der Waals surface area contributed by atoms with Crippen LogP contribution in [0.15, 0.2) is 12.1 Å². The van der Waals surface area contributed by atoms with Crippen LogP contribution in [0, 0.1) is 26.0 Å². The van der Waals surface area contributed by atoms with Gasteiger partial charge in [0.15, 0.2) is 4.77 Å². The molecule has 0 radical (unpaired) electrons. The summed E-state index contributed by atoms with van der Waals surface area (Å²) in [5.74, 6) is 1.07. The summed E-state index contributed by atoms with van der Waals surface area (Å²) in [6.45, 7) is 4.57. The Labute approximate surface area is 143 Å². The lowest BCUT2D eigenvalue weighted by Crippen LogP contribution is -2.27. The minimum absolute atomic E-state index is 0.164. The molecule has 0 aliphatic heterocycles. The number of rotatable bonds is 2. The van der Waals surface area contributed by atoms with Crippen LogP contribution in [0.3, 0.4) is 0 Å². The normalized spacial score (nSPS) is 23.1. The summed E-state index contributed by atoms with van der Waals surface area (Å²) >= 11 is 7.57. The Balaban J connectivity index is 2.16. The molecular formula is C16H20FIN2S. The second-order valence-electron chi connectivity index (χ2n) is 6.34. The van der Waals surface area contributed by atoms with E-state index < -0.39 is 0 Å². The molecule has 0 spiro atoms. The Morgan fingerprint density at radius 1 is 1.33 bits per heavy atom. The number of imidazole rings is 1. The van der Waals surface area contributed by atoms with Crippen LogP contribution in [-0.2, 0) is 0 Å². The second kappa shape index (κ2) is 5.99. The molecule has 1 aliphatic carbocycles. The molecule has 1 fully saturated rings. The molecule has 1 saturated carbocycles. The molecule has 1 aromatic carbocycles. The maximum Gasteiger partial charge on any atom is 0.178 e. The maximum absolute atomic E-state index is 14.0. The minimum atomic E-state index is -0.164. The van der Waals surface area contributed by atoms with Gasteiger partial charge in [-0.1, -0.05) is 26.7 Å². The summed E-state index contributed by atoms with van der Waals surface area (Å²) in [7, 11) is 0. The molecule has 2 atom stereocenters. The zero-order valence-corrected chi connectivity index (χ0v) is 15.3. The Hall–Kier alpha value is -0.430. The van der Waals surface area contributed by atoms with Gasteiger partial charge in [-0.3, -0.25) is 0 Å². The van der Waals surface area contributed by atoms with Crippen LogP contribution in [0.2, 0.25) is 0 Å². The number of nitrogens with one attached hydrogen (secondary N) is 1. The van der Waals surface area contributed by atoms with E-state index in [0.29, 0.717) is 21.4 Å². The predicted octanol–water partition coefficient (Wildman–Crippen LogP) is 5.83. The summed E-state index contributed by atoms with van der Waals surface area (Å²) in [6, 6.07) is 3.87. The third kappa shape index (κ3) is 2.79. The molecule has 1 N–H and O–H groups in total. The van der Waals surface area contributed by atoms with E-state index in [2.05, 4.69) is 23.4 Å². The van der Waals surface area contributed by atoms with Gasteiger partial charge in [-0.25, -0.2) is 4.39 Å². The van der Waals surface area contributed by atoms with E-state index in [1.165, 1.54) is 19.3 Å². The Bertz CT molecular complexity index is 719. The van der Waals surface area contributed by atoms with E-state index in [0.717, 1.165) is 22.2 Å². The first-order valence-corrected chi connectivity index (χ1v) is 9.07. The average molecular weight is 418 g/mol. The highest BCUT2D eigenvalue weighted by Crippen LogP contribution is 2.40. The molecule has 2 unspecified atom stereocenters. The number of hydrogen-bond acceptors (Lipinski definition) is 1. The monoisotopic (exact) mass is 418 g/mol. The molecule has 0 bridgehead atoms. The van der Waals surface area contributed by atoms with Crippen molar-refractivity contribution in [1.82, 2.24) is 9.55 Å². The van der Waals surface area contributed by atoms with Crippen LogP contribution in [-0.4, -0.2) is 9.55 Å². The van der Waals surface area contributed by atoms with Crippen LogP contribution in [0.1, 0.15) is 45.6 Å². The van der Waals surface area contributed by atoms with Gasteiger partial charge in [0.25, 0.3) is 0 Å². The van der Waals surface area contributed by atoms with Crippen molar-refractivity contribution in [2.24, 2.45) is 11.8 Å². The predicted molar refractivity (Wildman–Crippen MR) is 95.6 cm³/mol. The lowest BCUT2D eigenvalue weighted by Gasteiger charge is -2.35. The SMILES string of the molecule is CC(C)C1CCCCC1n1c(=S)[nH]c2cc(I)c(F)cc21. The van der Waals surface area contributed by atoms with Gasteiger partial charge in [-0.15, -0.1) is 0 Å². The van der Waals surface area contributed by atoms with E-state index >= 15 is 0 Å². The number of benzene rings is 1. The number of aromatic nitrogens is 2. The van der Waals surface area contributed by atoms with Gasteiger partial charge in [0, 0.05) is 12.1 Å². The third-order valence-corrected chi connectivity index (χ3v) is 5.85. The molecule has 3 rings (SSSR count). The van der Waals surface area contributed by atoms with Crippen molar-refractivity contribution >= 4 is 45.8 Å². The van der Waals surface area contributed by atoms with Crippen molar-refractivity contribution in [2.45, 2.75) is 45.6 Å². The van der Waals surface area contributed by atoms with Crippen molar-refractivity contribution in [3.63, 3.8) is 0 Å². The fourth-order valence-electron chi connectivity index (χ4n) is 3.69. The number of H-pyrrole nitrogens is 1. The zero-order chi connectivity index (χ0) is 15.1. The van der Waals surface area contributed by atoms with E-state index in [4.69, 9.17) is 12.2 Å².